The Bertz CT molecular complexity index is 583. The van der Waals surface area contributed by atoms with Gasteiger partial charge < -0.3 is 10.4 Å². The van der Waals surface area contributed by atoms with Gasteiger partial charge in [0.1, 0.15) is 5.75 Å². The van der Waals surface area contributed by atoms with Gasteiger partial charge in [-0.25, -0.2) is 0 Å². The quantitative estimate of drug-likeness (QED) is 0.827. The number of hydrogen-bond donors (Lipinski definition) is 2. The second kappa shape index (κ2) is 7.18. The smallest absolute Gasteiger partial charge is 0.233 e. The molecule has 2 rings (SSSR count). The molecule has 2 unspecified atom stereocenters. The molecule has 110 valence electrons. The van der Waals surface area contributed by atoms with Crippen molar-refractivity contribution in [2.45, 2.75) is 30.0 Å². The molecule has 4 heteroatoms. The first-order chi connectivity index (χ1) is 10.1. The summed E-state index contributed by atoms with van der Waals surface area (Å²) in [6.07, 6.45) is 0. The van der Waals surface area contributed by atoms with Crippen LogP contribution in [0.5, 0.6) is 5.75 Å². The average molecular weight is 301 g/mol. The molecule has 0 saturated heterocycles. The van der Waals surface area contributed by atoms with E-state index >= 15 is 0 Å². The monoisotopic (exact) mass is 301 g/mol. The van der Waals surface area contributed by atoms with Gasteiger partial charge in [-0.15, -0.1) is 11.8 Å². The van der Waals surface area contributed by atoms with Crippen LogP contribution in [0.15, 0.2) is 59.5 Å². The number of thioether (sulfide) groups is 1. The lowest BCUT2D eigenvalue weighted by molar-refractivity contribution is -0.120. The third-order valence-electron chi connectivity index (χ3n) is 3.18. The number of rotatable bonds is 5. The second-order valence-electron chi connectivity index (χ2n) is 4.89. The lowest BCUT2D eigenvalue weighted by Crippen LogP contribution is -2.33. The van der Waals surface area contributed by atoms with Crippen molar-refractivity contribution < 1.29 is 9.90 Å². The summed E-state index contributed by atoms with van der Waals surface area (Å²) in [6, 6.07) is 16.8. The Labute approximate surface area is 129 Å². The van der Waals surface area contributed by atoms with Crippen LogP contribution in [-0.4, -0.2) is 16.3 Å². The summed E-state index contributed by atoms with van der Waals surface area (Å²) in [4.78, 5) is 13.2. The minimum absolute atomic E-state index is 0.00410. The summed E-state index contributed by atoms with van der Waals surface area (Å²) < 4.78 is 0. The molecule has 0 aromatic heterocycles. The third-order valence-corrected chi connectivity index (χ3v) is 4.29. The molecule has 0 spiro atoms. The van der Waals surface area contributed by atoms with E-state index in [4.69, 9.17) is 0 Å². The number of carbonyl (C=O) groups is 1. The first-order valence-electron chi connectivity index (χ1n) is 6.87. The number of hydrogen-bond acceptors (Lipinski definition) is 3. The van der Waals surface area contributed by atoms with Gasteiger partial charge in [0.2, 0.25) is 5.91 Å². The maximum atomic E-state index is 12.2. The topological polar surface area (TPSA) is 49.3 Å². The Hall–Kier alpha value is -1.94. The van der Waals surface area contributed by atoms with Crippen molar-refractivity contribution >= 4 is 17.7 Å². The third kappa shape index (κ3) is 4.53. The summed E-state index contributed by atoms with van der Waals surface area (Å²) in [5, 5.41) is 12.1. The first-order valence-corrected chi connectivity index (χ1v) is 7.75. The van der Waals surface area contributed by atoms with Gasteiger partial charge in [0.05, 0.1) is 11.3 Å². The first kappa shape index (κ1) is 15.4. The fourth-order valence-electron chi connectivity index (χ4n) is 1.94. The summed E-state index contributed by atoms with van der Waals surface area (Å²) in [6.45, 7) is 3.86. The molecule has 0 heterocycles. The van der Waals surface area contributed by atoms with Crippen molar-refractivity contribution in [3.8, 4) is 5.75 Å². The molecule has 0 fully saturated rings. The largest absolute Gasteiger partial charge is 0.508 e. The van der Waals surface area contributed by atoms with E-state index in [1.807, 2.05) is 56.3 Å². The average Bonchev–Trinajstić information content (AvgIpc) is 2.50. The molecule has 1 amide bonds. The molecule has 0 aliphatic carbocycles. The fourth-order valence-corrected chi connectivity index (χ4v) is 2.81. The molecule has 2 aromatic carbocycles. The van der Waals surface area contributed by atoms with Crippen molar-refractivity contribution in [2.75, 3.05) is 0 Å². The molecule has 0 saturated carbocycles. The minimum Gasteiger partial charge on any atom is -0.508 e. The highest BCUT2D eigenvalue weighted by Crippen LogP contribution is 2.25. The van der Waals surface area contributed by atoms with Crippen LogP contribution in [-0.2, 0) is 4.79 Å². The number of amides is 1. The maximum Gasteiger partial charge on any atom is 0.233 e. The minimum atomic E-state index is -0.194. The van der Waals surface area contributed by atoms with Gasteiger partial charge in [-0.1, -0.05) is 30.3 Å². The van der Waals surface area contributed by atoms with Gasteiger partial charge in [0.15, 0.2) is 0 Å². The van der Waals surface area contributed by atoms with E-state index in [0.717, 1.165) is 10.5 Å². The van der Waals surface area contributed by atoms with E-state index in [2.05, 4.69) is 5.32 Å². The van der Waals surface area contributed by atoms with Crippen molar-refractivity contribution in [1.82, 2.24) is 5.32 Å². The summed E-state index contributed by atoms with van der Waals surface area (Å²) in [5.74, 6) is 0.235. The van der Waals surface area contributed by atoms with Gasteiger partial charge in [-0.2, -0.15) is 0 Å². The number of benzene rings is 2. The van der Waals surface area contributed by atoms with Crippen LogP contribution >= 0.6 is 11.8 Å². The van der Waals surface area contributed by atoms with Gasteiger partial charge in [0, 0.05) is 4.90 Å². The zero-order chi connectivity index (χ0) is 15.2. The van der Waals surface area contributed by atoms with Crippen molar-refractivity contribution in [3.63, 3.8) is 0 Å². The Morgan fingerprint density at radius 3 is 2.29 bits per heavy atom. The second-order valence-corrected chi connectivity index (χ2v) is 6.31. The Balaban J connectivity index is 1.92. The SMILES string of the molecule is CC(Sc1ccc(O)cc1)C(=O)NC(C)c1ccccc1. The van der Waals surface area contributed by atoms with Crippen molar-refractivity contribution in [1.29, 1.82) is 0 Å². The van der Waals surface area contributed by atoms with Crippen LogP contribution in [0.2, 0.25) is 0 Å². The van der Waals surface area contributed by atoms with Crippen LogP contribution in [0.25, 0.3) is 0 Å². The maximum absolute atomic E-state index is 12.2. The highest BCUT2D eigenvalue weighted by Gasteiger charge is 2.17. The molecule has 0 radical (unpaired) electrons. The molecular weight excluding hydrogens is 282 g/mol. The predicted octanol–water partition coefficient (Wildman–Crippen LogP) is 3.75. The van der Waals surface area contributed by atoms with Crippen LogP contribution in [0.3, 0.4) is 0 Å². The molecule has 2 N–H and O–H groups in total. The summed E-state index contributed by atoms with van der Waals surface area (Å²) in [7, 11) is 0. The van der Waals surface area contributed by atoms with E-state index in [1.54, 1.807) is 12.1 Å². The van der Waals surface area contributed by atoms with Crippen LogP contribution in [0.1, 0.15) is 25.5 Å². The molecule has 21 heavy (non-hydrogen) atoms. The molecule has 2 atom stereocenters. The molecule has 0 aliphatic rings. The zero-order valence-electron chi connectivity index (χ0n) is 12.1. The number of phenols is 1. The zero-order valence-corrected chi connectivity index (χ0v) is 12.9. The van der Waals surface area contributed by atoms with E-state index in [0.29, 0.717) is 0 Å². The summed E-state index contributed by atoms with van der Waals surface area (Å²) >= 11 is 1.47. The van der Waals surface area contributed by atoms with Crippen LogP contribution < -0.4 is 5.32 Å². The number of nitrogens with one attached hydrogen (secondary N) is 1. The molecule has 0 bridgehead atoms. The van der Waals surface area contributed by atoms with E-state index in [-0.39, 0.29) is 22.9 Å². The Morgan fingerprint density at radius 1 is 1.05 bits per heavy atom. The lowest BCUT2D eigenvalue weighted by atomic mass is 10.1. The van der Waals surface area contributed by atoms with E-state index in [1.165, 1.54) is 11.8 Å². The van der Waals surface area contributed by atoms with Crippen LogP contribution in [0.4, 0.5) is 0 Å². The molecule has 2 aromatic rings. The predicted molar refractivity (Wildman–Crippen MR) is 86.4 cm³/mol. The number of phenolic OH excluding ortho intramolecular Hbond substituents is 1. The standard InChI is InChI=1S/C17H19NO2S/c1-12(14-6-4-3-5-7-14)18-17(20)13(2)21-16-10-8-15(19)9-11-16/h3-13,19H,1-2H3,(H,18,20). The van der Waals surface area contributed by atoms with Gasteiger partial charge >= 0.3 is 0 Å². The lowest BCUT2D eigenvalue weighted by Gasteiger charge is -2.17. The van der Waals surface area contributed by atoms with Gasteiger partial charge in [0.25, 0.3) is 0 Å². The van der Waals surface area contributed by atoms with Crippen molar-refractivity contribution in [3.05, 3.63) is 60.2 Å². The number of carbonyl (C=O) groups excluding carboxylic acids is 1. The van der Waals surface area contributed by atoms with Crippen LogP contribution in [0, 0.1) is 0 Å². The highest BCUT2D eigenvalue weighted by atomic mass is 32.2. The molecule has 3 nitrogen and oxygen atoms in total. The number of aromatic hydroxyl groups is 1. The van der Waals surface area contributed by atoms with Gasteiger partial charge in [-0.3, -0.25) is 4.79 Å². The fraction of sp³-hybridized carbons (Fsp3) is 0.235. The van der Waals surface area contributed by atoms with Gasteiger partial charge in [-0.05, 0) is 43.7 Å². The normalized spacial score (nSPS) is 13.4. The Kier molecular flexibility index (Phi) is 5.28. The van der Waals surface area contributed by atoms with E-state index < -0.39 is 0 Å². The Morgan fingerprint density at radius 2 is 1.67 bits per heavy atom. The summed E-state index contributed by atoms with van der Waals surface area (Å²) in [5.41, 5.74) is 1.09. The van der Waals surface area contributed by atoms with E-state index in [9.17, 15) is 9.90 Å². The molecule has 0 aliphatic heterocycles. The van der Waals surface area contributed by atoms with Crippen molar-refractivity contribution in [2.24, 2.45) is 0 Å². The highest BCUT2D eigenvalue weighted by molar-refractivity contribution is 8.00. The molecular formula is C17H19NO2S.